The molecule has 0 radical (unpaired) electrons. The molecule has 1 saturated carbocycles. The summed E-state index contributed by atoms with van der Waals surface area (Å²) >= 11 is 0. The van der Waals surface area contributed by atoms with Crippen molar-refractivity contribution < 1.29 is 9.59 Å². The molecule has 0 heterocycles. The van der Waals surface area contributed by atoms with Gasteiger partial charge >= 0.3 is 0 Å². The second kappa shape index (κ2) is 9.25. The standard InChI is InChI=1S/C25H32N2O2/c1-25(2,3)21-13-15-22(16-14-21)27-24(29)20-11-9-19(10-12-20)23(28)26-17-18-7-5-4-6-8-18/h4-8,13-16,19-20H,9-12,17H2,1-3H3,(H,26,28)(H,27,29). The summed E-state index contributed by atoms with van der Waals surface area (Å²) in [5.41, 5.74) is 3.29. The van der Waals surface area contributed by atoms with Crippen LogP contribution in [-0.2, 0) is 21.5 Å². The predicted octanol–water partition coefficient (Wildman–Crippen LogP) is 5.05. The monoisotopic (exact) mass is 392 g/mol. The Morgan fingerprint density at radius 2 is 1.38 bits per heavy atom. The molecule has 1 fully saturated rings. The first-order valence-electron chi connectivity index (χ1n) is 10.6. The van der Waals surface area contributed by atoms with E-state index < -0.39 is 0 Å². The van der Waals surface area contributed by atoms with Gasteiger partial charge < -0.3 is 10.6 Å². The molecule has 29 heavy (non-hydrogen) atoms. The van der Waals surface area contributed by atoms with Crippen molar-refractivity contribution in [3.05, 3.63) is 65.7 Å². The molecular formula is C25H32N2O2. The number of rotatable bonds is 5. The molecule has 0 aromatic heterocycles. The summed E-state index contributed by atoms with van der Waals surface area (Å²) in [7, 11) is 0. The Morgan fingerprint density at radius 3 is 1.93 bits per heavy atom. The molecular weight excluding hydrogens is 360 g/mol. The van der Waals surface area contributed by atoms with Crippen LogP contribution in [-0.4, -0.2) is 11.8 Å². The van der Waals surface area contributed by atoms with E-state index in [1.54, 1.807) is 0 Å². The molecule has 0 bridgehead atoms. The topological polar surface area (TPSA) is 58.2 Å². The molecule has 3 rings (SSSR count). The second-order valence-corrected chi connectivity index (χ2v) is 9.07. The van der Waals surface area contributed by atoms with Crippen molar-refractivity contribution in [3.8, 4) is 0 Å². The Kier molecular flexibility index (Phi) is 6.73. The lowest BCUT2D eigenvalue weighted by Gasteiger charge is -2.27. The number of amides is 2. The molecule has 1 aliphatic carbocycles. The molecule has 2 amide bonds. The number of carbonyl (C=O) groups is 2. The van der Waals surface area contributed by atoms with Crippen LogP contribution in [0.15, 0.2) is 54.6 Å². The lowest BCUT2D eigenvalue weighted by atomic mass is 9.81. The Balaban J connectivity index is 1.45. The third kappa shape index (κ3) is 5.93. The average Bonchev–Trinajstić information content (AvgIpc) is 2.72. The van der Waals surface area contributed by atoms with E-state index in [-0.39, 0.29) is 29.1 Å². The Labute approximate surface area is 174 Å². The van der Waals surface area contributed by atoms with Gasteiger partial charge in [-0.2, -0.15) is 0 Å². The van der Waals surface area contributed by atoms with Crippen LogP contribution in [0.5, 0.6) is 0 Å². The van der Waals surface area contributed by atoms with E-state index >= 15 is 0 Å². The number of benzene rings is 2. The highest BCUT2D eigenvalue weighted by atomic mass is 16.2. The first kappa shape index (κ1) is 21.1. The molecule has 4 nitrogen and oxygen atoms in total. The van der Waals surface area contributed by atoms with Crippen molar-refractivity contribution in [1.29, 1.82) is 0 Å². The minimum absolute atomic E-state index is 0.00818. The van der Waals surface area contributed by atoms with Gasteiger partial charge in [0.2, 0.25) is 11.8 Å². The molecule has 4 heteroatoms. The number of nitrogens with one attached hydrogen (secondary N) is 2. The molecule has 154 valence electrons. The van der Waals surface area contributed by atoms with E-state index in [9.17, 15) is 9.59 Å². The van der Waals surface area contributed by atoms with Crippen LogP contribution in [0, 0.1) is 11.8 Å². The molecule has 0 unspecified atom stereocenters. The van der Waals surface area contributed by atoms with Gasteiger partial charge in [0.15, 0.2) is 0 Å². The van der Waals surface area contributed by atoms with Crippen molar-refractivity contribution in [2.45, 2.75) is 58.4 Å². The van der Waals surface area contributed by atoms with Crippen LogP contribution in [0.3, 0.4) is 0 Å². The predicted molar refractivity (Wildman–Crippen MR) is 118 cm³/mol. The van der Waals surface area contributed by atoms with Gasteiger partial charge in [0.1, 0.15) is 0 Å². The molecule has 1 aliphatic rings. The minimum atomic E-state index is -0.0181. The van der Waals surface area contributed by atoms with E-state index in [0.29, 0.717) is 6.54 Å². The Hall–Kier alpha value is -2.62. The van der Waals surface area contributed by atoms with Crippen molar-refractivity contribution in [1.82, 2.24) is 5.32 Å². The zero-order valence-electron chi connectivity index (χ0n) is 17.7. The summed E-state index contributed by atoms with van der Waals surface area (Å²) in [5, 5.41) is 6.07. The fourth-order valence-corrected chi connectivity index (χ4v) is 3.85. The van der Waals surface area contributed by atoms with Crippen LogP contribution in [0.1, 0.15) is 57.6 Å². The Bertz CT molecular complexity index is 814. The van der Waals surface area contributed by atoms with Crippen LogP contribution in [0.25, 0.3) is 0 Å². The molecule has 0 saturated heterocycles. The fraction of sp³-hybridized carbons (Fsp3) is 0.440. The maximum atomic E-state index is 12.6. The summed E-state index contributed by atoms with van der Waals surface area (Å²) in [6.07, 6.45) is 3.05. The summed E-state index contributed by atoms with van der Waals surface area (Å²) in [6, 6.07) is 18.0. The van der Waals surface area contributed by atoms with E-state index in [1.807, 2.05) is 42.5 Å². The number of anilines is 1. The van der Waals surface area contributed by atoms with Crippen LogP contribution in [0.2, 0.25) is 0 Å². The summed E-state index contributed by atoms with van der Waals surface area (Å²) < 4.78 is 0. The summed E-state index contributed by atoms with van der Waals surface area (Å²) in [5.74, 6) is 0.159. The molecule has 2 aromatic carbocycles. The maximum absolute atomic E-state index is 12.6. The zero-order valence-corrected chi connectivity index (χ0v) is 17.7. The first-order valence-corrected chi connectivity index (χ1v) is 10.6. The highest BCUT2D eigenvalue weighted by Gasteiger charge is 2.30. The molecule has 2 N–H and O–H groups in total. The van der Waals surface area contributed by atoms with Crippen molar-refractivity contribution in [3.63, 3.8) is 0 Å². The van der Waals surface area contributed by atoms with E-state index in [4.69, 9.17) is 0 Å². The van der Waals surface area contributed by atoms with Gasteiger partial charge in [-0.1, -0.05) is 63.2 Å². The second-order valence-electron chi connectivity index (χ2n) is 9.07. The molecule has 2 aromatic rings. The van der Waals surface area contributed by atoms with Gasteiger partial charge in [-0.15, -0.1) is 0 Å². The first-order chi connectivity index (χ1) is 13.8. The molecule has 0 atom stereocenters. The van der Waals surface area contributed by atoms with Crippen LogP contribution >= 0.6 is 0 Å². The Morgan fingerprint density at radius 1 is 0.828 bits per heavy atom. The summed E-state index contributed by atoms with van der Waals surface area (Å²) in [6.45, 7) is 7.09. The van der Waals surface area contributed by atoms with E-state index in [0.717, 1.165) is 36.9 Å². The van der Waals surface area contributed by atoms with Crippen molar-refractivity contribution in [2.75, 3.05) is 5.32 Å². The normalized spacial score (nSPS) is 19.4. The number of hydrogen-bond acceptors (Lipinski definition) is 2. The van der Waals surface area contributed by atoms with Gasteiger partial charge in [-0.25, -0.2) is 0 Å². The largest absolute Gasteiger partial charge is 0.352 e. The third-order valence-corrected chi connectivity index (χ3v) is 5.80. The third-order valence-electron chi connectivity index (χ3n) is 5.80. The zero-order chi connectivity index (χ0) is 20.9. The fourth-order valence-electron chi connectivity index (χ4n) is 3.85. The number of hydrogen-bond donors (Lipinski definition) is 2. The SMILES string of the molecule is CC(C)(C)c1ccc(NC(=O)C2CCC(C(=O)NCc3ccccc3)CC2)cc1. The highest BCUT2D eigenvalue weighted by molar-refractivity contribution is 5.92. The minimum Gasteiger partial charge on any atom is -0.352 e. The number of carbonyl (C=O) groups excluding carboxylic acids is 2. The van der Waals surface area contributed by atoms with Gasteiger partial charge in [0.05, 0.1) is 0 Å². The van der Waals surface area contributed by atoms with Gasteiger partial charge in [0, 0.05) is 24.1 Å². The van der Waals surface area contributed by atoms with Crippen molar-refractivity contribution in [2.24, 2.45) is 11.8 Å². The van der Waals surface area contributed by atoms with E-state index in [2.05, 4.69) is 43.5 Å². The molecule has 0 spiro atoms. The van der Waals surface area contributed by atoms with Crippen LogP contribution in [0.4, 0.5) is 5.69 Å². The average molecular weight is 393 g/mol. The van der Waals surface area contributed by atoms with E-state index in [1.165, 1.54) is 5.56 Å². The smallest absolute Gasteiger partial charge is 0.227 e. The summed E-state index contributed by atoms with van der Waals surface area (Å²) in [4.78, 5) is 25.1. The van der Waals surface area contributed by atoms with Crippen molar-refractivity contribution >= 4 is 17.5 Å². The quantitative estimate of drug-likeness (QED) is 0.748. The lowest BCUT2D eigenvalue weighted by Crippen LogP contribution is -2.35. The van der Waals surface area contributed by atoms with Gasteiger partial charge in [0.25, 0.3) is 0 Å². The molecule has 0 aliphatic heterocycles. The van der Waals surface area contributed by atoms with Gasteiger partial charge in [-0.3, -0.25) is 9.59 Å². The lowest BCUT2D eigenvalue weighted by molar-refractivity contribution is -0.128. The highest BCUT2D eigenvalue weighted by Crippen LogP contribution is 2.30. The maximum Gasteiger partial charge on any atom is 0.227 e. The van der Waals surface area contributed by atoms with Gasteiger partial charge in [-0.05, 0) is 54.4 Å². The van der Waals surface area contributed by atoms with Crippen LogP contribution < -0.4 is 10.6 Å².